The van der Waals surface area contributed by atoms with Gasteiger partial charge < -0.3 is 46.1 Å². The summed E-state index contributed by atoms with van der Waals surface area (Å²) in [5.74, 6) is -3.57. The van der Waals surface area contributed by atoms with Gasteiger partial charge in [0.25, 0.3) is 0 Å². The molecule has 0 spiro atoms. The summed E-state index contributed by atoms with van der Waals surface area (Å²) in [5, 5.41) is 47.7. The second kappa shape index (κ2) is 49.5. The van der Waals surface area contributed by atoms with Crippen LogP contribution < -0.4 is 40.8 Å². The van der Waals surface area contributed by atoms with Crippen LogP contribution in [0.5, 0.6) is 0 Å². The van der Waals surface area contributed by atoms with Gasteiger partial charge in [-0.05, 0) is 233 Å². The normalized spacial score (nSPS) is 10.6. The van der Waals surface area contributed by atoms with E-state index in [4.69, 9.17) is 67.1 Å². The van der Waals surface area contributed by atoms with Gasteiger partial charge in [-0.2, -0.15) is 0 Å². The summed E-state index contributed by atoms with van der Waals surface area (Å²) in [6, 6.07) is 69.0. The van der Waals surface area contributed by atoms with E-state index in [9.17, 15) is 48.7 Å². The van der Waals surface area contributed by atoms with Crippen molar-refractivity contribution in [3.8, 4) is 77.9 Å². The fourth-order valence-electron chi connectivity index (χ4n) is 11.9. The predicted octanol–water partition coefficient (Wildman–Crippen LogP) is 17.1. The second-order valence-electron chi connectivity index (χ2n) is 29.1. The number of carboxylic acids is 3. The number of hydrogen-bond donors (Lipinski definition) is 6. The zero-order valence-corrected chi connectivity index (χ0v) is 74.9. The van der Waals surface area contributed by atoms with Crippen molar-refractivity contribution in [1.29, 1.82) is 0 Å². The van der Waals surface area contributed by atoms with Crippen molar-refractivity contribution < 1.29 is 105 Å². The minimum Gasteiger partial charge on any atom is -0.870 e. The molecule has 20 nitrogen and oxygen atoms in total. The predicted molar refractivity (Wildman–Crippen MR) is 479 cm³/mol. The molecule has 4 aromatic heterocycles. The van der Waals surface area contributed by atoms with Crippen LogP contribution in [0, 0.1) is 10.8 Å². The van der Waals surface area contributed by atoms with Gasteiger partial charge >= 0.3 is 66.5 Å². The molecule has 0 radical (unpaired) electrons. The number of nitrogens with two attached hydrogens (primary N) is 1. The van der Waals surface area contributed by atoms with Gasteiger partial charge in [0.2, 0.25) is 0 Å². The number of nitrogens with zero attached hydrogens (tertiary/aromatic N) is 4. The molecule has 27 heteroatoms. The molecule has 0 unspecified atom stereocenters. The molecule has 0 saturated heterocycles. The fourth-order valence-corrected chi connectivity index (χ4v) is 13.1. The van der Waals surface area contributed by atoms with Crippen molar-refractivity contribution in [1.82, 2.24) is 19.9 Å². The quantitative estimate of drug-likeness (QED) is 0.0229. The monoisotopic (exact) mass is 1790 g/mol. The summed E-state index contributed by atoms with van der Waals surface area (Å²) in [6.45, 7) is 14.0. The van der Waals surface area contributed by atoms with E-state index in [0.29, 0.717) is 49.9 Å². The third-order valence-electron chi connectivity index (χ3n) is 17.7. The van der Waals surface area contributed by atoms with Crippen LogP contribution in [-0.2, 0) is 68.7 Å². The first-order chi connectivity index (χ1) is 56.5. The third-order valence-corrected chi connectivity index (χ3v) is 19.0. The molecule has 8 N–H and O–H groups in total. The first-order valence-corrected chi connectivity index (χ1v) is 39.9. The van der Waals surface area contributed by atoms with Crippen molar-refractivity contribution in [2.45, 2.75) is 99.5 Å². The van der Waals surface area contributed by atoms with Gasteiger partial charge in [-0.15, -0.1) is 0 Å². The Balaban J connectivity index is 0.000000320. The van der Waals surface area contributed by atoms with Crippen LogP contribution in [-0.4, -0.2) is 118 Å². The Morgan fingerprint density at radius 3 is 0.992 bits per heavy atom. The van der Waals surface area contributed by atoms with Crippen molar-refractivity contribution in [2.75, 3.05) is 13.2 Å². The molecule has 0 aliphatic heterocycles. The van der Waals surface area contributed by atoms with E-state index in [-0.39, 0.29) is 98.5 Å². The van der Waals surface area contributed by atoms with Crippen LogP contribution in [0.1, 0.15) is 91.9 Å². The van der Waals surface area contributed by atoms with Crippen LogP contribution in [0.15, 0.2) is 272 Å². The van der Waals surface area contributed by atoms with Crippen molar-refractivity contribution in [3.05, 3.63) is 315 Å². The van der Waals surface area contributed by atoms with Crippen LogP contribution in [0.2, 0.25) is 20.1 Å². The zero-order valence-electron chi connectivity index (χ0n) is 68.3. The average Bonchev–Trinajstić information content (AvgIpc) is 0.814. The van der Waals surface area contributed by atoms with Gasteiger partial charge in [-0.25, -0.2) is 0 Å². The van der Waals surface area contributed by atoms with Gasteiger partial charge in [0.15, 0.2) is 0 Å². The van der Waals surface area contributed by atoms with Crippen molar-refractivity contribution in [3.63, 3.8) is 0 Å². The number of hydrogen-bond acceptors (Lipinski definition) is 17. The van der Waals surface area contributed by atoms with Crippen molar-refractivity contribution >= 4 is 116 Å². The number of esters is 2. The number of Topliss-reactive ketones (excluding diaryl/α,β-unsaturated/α-hetero) is 2. The maximum Gasteiger partial charge on any atom is 1.00 e. The topological polar surface area (TPSA) is 347 Å². The van der Waals surface area contributed by atoms with E-state index in [0.717, 1.165) is 93.5 Å². The fraction of sp³-hybridized carbons (Fsp3) is 0.202. The van der Waals surface area contributed by atoms with E-state index in [2.05, 4.69) is 40.6 Å². The molecule has 0 atom stereocenters. The van der Waals surface area contributed by atoms with Gasteiger partial charge in [-0.3, -0.25) is 53.5 Å². The molecular formula is C94H94BBrCl4N5NaO15. The van der Waals surface area contributed by atoms with E-state index in [1.165, 1.54) is 0 Å². The van der Waals surface area contributed by atoms with Gasteiger partial charge in [-0.1, -0.05) is 192 Å². The Bertz CT molecular complexity index is 5450. The smallest absolute Gasteiger partial charge is 0.870 e. The van der Waals surface area contributed by atoms with Crippen LogP contribution in [0.25, 0.3) is 77.9 Å². The zero-order chi connectivity index (χ0) is 87.0. The molecule has 0 aliphatic rings. The molecule has 12 aromatic rings. The summed E-state index contributed by atoms with van der Waals surface area (Å²) in [5.41, 5.74) is 19.3. The molecule has 8 aromatic carbocycles. The number of rotatable bonds is 25. The number of halogens is 5. The molecule has 0 aliphatic carbocycles. The summed E-state index contributed by atoms with van der Waals surface area (Å²) in [4.78, 5) is 97.0. The van der Waals surface area contributed by atoms with E-state index in [1.54, 1.807) is 129 Å². The van der Waals surface area contributed by atoms with Gasteiger partial charge in [0.1, 0.15) is 17.1 Å². The number of aromatic nitrogens is 4. The average molecular weight is 1790 g/mol. The first kappa shape index (κ1) is 101. The third kappa shape index (κ3) is 33.2. The SMILES string of the molecule is CC(C)(CC(=O)Cc1cncc(-c2ccc(Cl)cc2-c2ccccc2)c1)C(=O)O.CCOC(=O)C(C)(C)CC(=O)Cc1cncc(-c2ccc(Cl)cc2-c2ccccc2)c1.CCOC(=O)C(C)(C)N.O=C(O)Cc1cncc(-c2ccc(Cl)cc2-c2ccccc2)c1.O=C(O)Cc1cncc(Br)c1.OB(O)c1ccc(Cl)cc1-c1ccccc1.[2HH].[Na+].[OH-]. The Kier molecular flexibility index (Phi) is 41.4. The van der Waals surface area contributed by atoms with Gasteiger partial charge in [0, 0.05) is 118 Å². The minimum atomic E-state index is -1.49. The van der Waals surface area contributed by atoms with E-state index < -0.39 is 41.4 Å². The number of carbonyl (C=O) groups excluding carboxylic acids is 4. The standard InChI is InChI=1S/C26H26ClNO3.C24H22ClNO3.C19H14ClNO2.C12H10BClO2.C7H6BrNO2.C6H13NO2.Na.H2O.H2/c1-4-31-25(30)26(2,3)15-22(29)13-18-12-20(17-28-16-18)23-11-10-21(27)14-24(23)19-8-6-5-7-9-19;1-24(2,23(28)29)13-20(27)11-16-10-18(15-26-14-16)21-9-8-19(25)12-22(21)17-6-4-3-5-7-17;20-16-6-7-17(18(10-16)14-4-2-1-3-5-14)15-8-13(9-19(22)23)11-21-12-15;14-10-6-7-12(13(15)16)11(8-10)9-4-2-1-3-5-9;8-6-1-5(2-7(10)11)3-9-4-6;1-4-9-5(8)6(2,3)7;;;/h5-12,14,16-17H,4,13,15H2,1-3H3;3-10,12,14-15H,11,13H2,1-2H3,(H,28,29);1-8,10-12H,9H2,(H,22,23);1-8,15-16H;1,3-4H,2H2,(H,10,11);4,7H2,1-3H3;;1H2;1H/q;;;;;;+1;;/p-1/i;;;;;;;;1+1. The molecule has 121 heavy (non-hydrogen) atoms. The first-order valence-electron chi connectivity index (χ1n) is 37.6. The van der Waals surface area contributed by atoms with Gasteiger partial charge in [0.05, 0.1) is 36.9 Å². The number of aliphatic carboxylic acids is 3. The Morgan fingerprint density at radius 1 is 0.388 bits per heavy atom. The largest absolute Gasteiger partial charge is 1.00 e. The molecule has 0 amide bonds. The number of carboxylic acid groups (broad SMARTS) is 3. The molecular weight excluding hydrogens is 1690 g/mol. The van der Waals surface area contributed by atoms with Crippen molar-refractivity contribution in [2.24, 2.45) is 16.6 Å². The number of benzene rings is 8. The number of pyridine rings is 4. The maximum absolute atomic E-state index is 12.7. The van der Waals surface area contributed by atoms with Crippen LogP contribution in [0.3, 0.4) is 0 Å². The summed E-state index contributed by atoms with van der Waals surface area (Å²) in [6.07, 6.45) is 13.8. The molecule has 0 bridgehead atoms. The molecule has 0 saturated carbocycles. The summed E-state index contributed by atoms with van der Waals surface area (Å²) < 4.78 is 10.5. The second-order valence-corrected chi connectivity index (χ2v) is 31.7. The molecule has 4 heterocycles. The van der Waals surface area contributed by atoms with Crippen LogP contribution in [0.4, 0.5) is 0 Å². The summed E-state index contributed by atoms with van der Waals surface area (Å²) >= 11 is 27.8. The number of ether oxygens (including phenoxy) is 2. The minimum absolute atomic E-state index is 0. The Morgan fingerprint density at radius 2 is 0.686 bits per heavy atom. The van der Waals surface area contributed by atoms with Crippen LogP contribution >= 0.6 is 62.3 Å². The Hall–Kier alpha value is -10.4. The number of ketones is 2. The molecule has 624 valence electrons. The maximum atomic E-state index is 12.7. The van der Waals surface area contributed by atoms with E-state index >= 15 is 0 Å². The Labute approximate surface area is 756 Å². The number of carbonyl (C=O) groups is 7. The molecule has 0 fully saturated rings. The molecule has 12 rings (SSSR count). The summed E-state index contributed by atoms with van der Waals surface area (Å²) in [7, 11) is -1.49. The van der Waals surface area contributed by atoms with E-state index in [1.807, 2.05) is 194 Å².